The van der Waals surface area contributed by atoms with Gasteiger partial charge in [0.05, 0.1) is 19.6 Å². The third-order valence-corrected chi connectivity index (χ3v) is 6.73. The van der Waals surface area contributed by atoms with Gasteiger partial charge in [0, 0.05) is 35.8 Å². The molecule has 0 aromatic carbocycles. The van der Waals surface area contributed by atoms with Gasteiger partial charge in [-0.1, -0.05) is 59.3 Å². The van der Waals surface area contributed by atoms with E-state index in [1.54, 1.807) is 26.1 Å². The third kappa shape index (κ3) is 11.0. The van der Waals surface area contributed by atoms with Crippen LogP contribution in [0.1, 0.15) is 115 Å². The molecule has 1 unspecified atom stereocenters. The van der Waals surface area contributed by atoms with Crippen LogP contribution in [0.2, 0.25) is 0 Å². The number of amides is 1. The predicted molar refractivity (Wildman–Crippen MR) is 143 cm³/mol. The third-order valence-electron chi connectivity index (χ3n) is 6.73. The summed E-state index contributed by atoms with van der Waals surface area (Å²) in [5, 5.41) is 2.89. The van der Waals surface area contributed by atoms with Crippen LogP contribution in [-0.2, 0) is 30.2 Å². The van der Waals surface area contributed by atoms with Gasteiger partial charge in [-0.25, -0.2) is 0 Å². The number of Topliss-reactive ketones (excluding diaryl/α,β-unsaturated/α-hetero) is 1. The highest BCUT2D eigenvalue weighted by Gasteiger charge is 2.46. The largest absolute Gasteiger partial charge is 0.466 e. The summed E-state index contributed by atoms with van der Waals surface area (Å²) in [5.74, 6) is -1.21. The fraction of sp³-hybridized carbons (Fsp3) is 0.759. The predicted octanol–water partition coefficient (Wildman–Crippen LogP) is 5.50. The van der Waals surface area contributed by atoms with Crippen molar-refractivity contribution in [3.63, 3.8) is 0 Å². The van der Waals surface area contributed by atoms with Gasteiger partial charge in [-0.15, -0.1) is 0 Å². The number of rotatable bonds is 17. The monoisotopic (exact) mass is 520 g/mol. The van der Waals surface area contributed by atoms with Gasteiger partial charge < -0.3 is 24.5 Å². The number of ether oxygens (including phenoxy) is 3. The molecule has 37 heavy (non-hydrogen) atoms. The SMILES string of the molecule is CCCCCCCCCC(=O)NCCCOC(=O)CCc1[nH]ccc1C(=O)C1OC(C)(C)OCC1(C)C. The zero-order chi connectivity index (χ0) is 27.3. The molecule has 2 rings (SSSR count). The molecule has 2 N–H and O–H groups in total. The van der Waals surface area contributed by atoms with Gasteiger partial charge in [0.2, 0.25) is 5.91 Å². The maximum absolute atomic E-state index is 13.3. The molecule has 1 saturated heterocycles. The zero-order valence-electron chi connectivity index (χ0n) is 23.6. The standard InChI is InChI=1S/C29H48N2O6/c1-6-7-8-9-10-11-12-14-24(32)31-18-13-20-35-25(33)16-15-23-22(17-19-30-23)26(34)27-28(2,3)21-36-29(4,5)37-27/h17,19,27,30H,6-16,18,20-21H2,1-5H3,(H,31,32). The molecule has 1 fully saturated rings. The lowest BCUT2D eigenvalue weighted by Gasteiger charge is -2.45. The lowest BCUT2D eigenvalue weighted by Crippen LogP contribution is -2.53. The Labute approximate surface area is 222 Å². The first kappa shape index (κ1) is 31.0. The molecule has 8 heteroatoms. The number of ketones is 1. The lowest BCUT2D eigenvalue weighted by molar-refractivity contribution is -0.298. The molecule has 1 aliphatic rings. The van der Waals surface area contributed by atoms with E-state index >= 15 is 0 Å². The fourth-order valence-electron chi connectivity index (χ4n) is 4.42. The molecule has 210 valence electrons. The number of unbranched alkanes of at least 4 members (excludes halogenated alkanes) is 6. The van der Waals surface area contributed by atoms with Crippen LogP contribution in [0.3, 0.4) is 0 Å². The van der Waals surface area contributed by atoms with E-state index in [4.69, 9.17) is 14.2 Å². The number of hydrogen-bond donors (Lipinski definition) is 2. The molecule has 1 aromatic rings. The van der Waals surface area contributed by atoms with E-state index in [-0.39, 0.29) is 30.7 Å². The van der Waals surface area contributed by atoms with Crippen molar-refractivity contribution in [2.24, 2.45) is 5.41 Å². The van der Waals surface area contributed by atoms with E-state index in [0.29, 0.717) is 43.7 Å². The minimum atomic E-state index is -0.830. The van der Waals surface area contributed by atoms with Gasteiger partial charge in [-0.05, 0) is 39.2 Å². The number of aryl methyl sites for hydroxylation is 1. The Morgan fingerprint density at radius 2 is 1.73 bits per heavy atom. The summed E-state index contributed by atoms with van der Waals surface area (Å²) in [7, 11) is 0. The molecule has 1 aromatic heterocycles. The van der Waals surface area contributed by atoms with Crippen LogP contribution in [0.25, 0.3) is 0 Å². The van der Waals surface area contributed by atoms with Gasteiger partial charge in [0.25, 0.3) is 0 Å². The van der Waals surface area contributed by atoms with E-state index in [0.717, 1.165) is 12.8 Å². The summed E-state index contributed by atoms with van der Waals surface area (Å²) in [6.07, 6.45) is 11.0. The van der Waals surface area contributed by atoms with Crippen molar-refractivity contribution >= 4 is 17.7 Å². The van der Waals surface area contributed by atoms with E-state index < -0.39 is 17.3 Å². The maximum Gasteiger partial charge on any atom is 0.306 e. The molecule has 1 amide bonds. The average molecular weight is 521 g/mol. The number of H-pyrrole nitrogens is 1. The number of aromatic amines is 1. The van der Waals surface area contributed by atoms with Crippen LogP contribution >= 0.6 is 0 Å². The van der Waals surface area contributed by atoms with Crippen molar-refractivity contribution in [2.45, 2.75) is 117 Å². The first-order valence-electron chi connectivity index (χ1n) is 14.0. The molecule has 0 aliphatic carbocycles. The highest BCUT2D eigenvalue weighted by molar-refractivity contribution is 6.01. The Morgan fingerprint density at radius 1 is 1.03 bits per heavy atom. The van der Waals surface area contributed by atoms with Crippen molar-refractivity contribution in [3.05, 3.63) is 23.5 Å². The molecule has 0 spiro atoms. The van der Waals surface area contributed by atoms with Crippen LogP contribution in [0.4, 0.5) is 0 Å². The highest BCUT2D eigenvalue weighted by atomic mass is 16.7. The Balaban J connectivity index is 1.64. The smallest absolute Gasteiger partial charge is 0.306 e. The van der Waals surface area contributed by atoms with Crippen molar-refractivity contribution in [1.29, 1.82) is 0 Å². The lowest BCUT2D eigenvalue weighted by atomic mass is 9.81. The molecule has 1 aliphatic heterocycles. The molecule has 0 radical (unpaired) electrons. The summed E-state index contributed by atoms with van der Waals surface area (Å²) in [5.41, 5.74) is 0.763. The highest BCUT2D eigenvalue weighted by Crippen LogP contribution is 2.37. The number of nitrogens with one attached hydrogen (secondary N) is 2. The van der Waals surface area contributed by atoms with Crippen LogP contribution in [0.15, 0.2) is 12.3 Å². The second kappa shape index (κ2) is 15.3. The minimum Gasteiger partial charge on any atom is -0.466 e. The second-order valence-corrected chi connectivity index (χ2v) is 11.2. The molecular weight excluding hydrogens is 472 g/mol. The quantitative estimate of drug-likeness (QED) is 0.160. The van der Waals surface area contributed by atoms with Crippen LogP contribution in [0.5, 0.6) is 0 Å². The molecule has 1 atom stereocenters. The van der Waals surface area contributed by atoms with Gasteiger partial charge in [0.15, 0.2) is 11.6 Å². The Morgan fingerprint density at radius 3 is 2.46 bits per heavy atom. The Kier molecular flexibility index (Phi) is 12.8. The summed E-state index contributed by atoms with van der Waals surface area (Å²) < 4.78 is 17.0. The van der Waals surface area contributed by atoms with E-state index in [1.165, 1.54) is 32.1 Å². The maximum atomic E-state index is 13.3. The Hall–Kier alpha value is -2.19. The first-order chi connectivity index (χ1) is 17.6. The summed E-state index contributed by atoms with van der Waals surface area (Å²) in [6, 6.07) is 1.74. The summed E-state index contributed by atoms with van der Waals surface area (Å²) in [4.78, 5) is 40.5. The topological polar surface area (TPSA) is 107 Å². The number of esters is 1. The van der Waals surface area contributed by atoms with E-state index in [1.807, 2.05) is 13.8 Å². The number of hydrogen-bond acceptors (Lipinski definition) is 6. The first-order valence-corrected chi connectivity index (χ1v) is 14.0. The normalized spacial score (nSPS) is 18.4. The van der Waals surface area contributed by atoms with Crippen molar-refractivity contribution in [1.82, 2.24) is 10.3 Å². The van der Waals surface area contributed by atoms with Crippen LogP contribution in [0, 0.1) is 5.41 Å². The minimum absolute atomic E-state index is 0.0592. The zero-order valence-corrected chi connectivity index (χ0v) is 23.6. The average Bonchev–Trinajstić information content (AvgIpc) is 3.32. The van der Waals surface area contributed by atoms with Crippen LogP contribution in [-0.4, -0.2) is 54.3 Å². The molecule has 8 nitrogen and oxygen atoms in total. The second-order valence-electron chi connectivity index (χ2n) is 11.2. The van der Waals surface area contributed by atoms with Gasteiger partial charge >= 0.3 is 5.97 Å². The Bertz CT molecular complexity index is 860. The molecule has 0 saturated carbocycles. The van der Waals surface area contributed by atoms with E-state index in [2.05, 4.69) is 17.2 Å². The van der Waals surface area contributed by atoms with Gasteiger partial charge in [-0.2, -0.15) is 0 Å². The number of carbonyl (C=O) groups excluding carboxylic acids is 3. The van der Waals surface area contributed by atoms with Gasteiger partial charge in [-0.3, -0.25) is 14.4 Å². The van der Waals surface area contributed by atoms with Crippen molar-refractivity contribution in [3.8, 4) is 0 Å². The summed E-state index contributed by atoms with van der Waals surface area (Å²) >= 11 is 0. The van der Waals surface area contributed by atoms with Crippen molar-refractivity contribution < 1.29 is 28.6 Å². The van der Waals surface area contributed by atoms with Crippen molar-refractivity contribution in [2.75, 3.05) is 19.8 Å². The number of aromatic nitrogens is 1. The molecular formula is C29H48N2O6. The van der Waals surface area contributed by atoms with Crippen LogP contribution < -0.4 is 5.32 Å². The fourth-order valence-corrected chi connectivity index (χ4v) is 4.42. The number of carbonyl (C=O) groups is 3. The molecule has 0 bridgehead atoms. The molecule has 2 heterocycles. The van der Waals surface area contributed by atoms with E-state index in [9.17, 15) is 14.4 Å². The van der Waals surface area contributed by atoms with Gasteiger partial charge in [0.1, 0.15) is 6.10 Å². The summed E-state index contributed by atoms with van der Waals surface area (Å²) in [6.45, 7) is 10.9.